The molecular formula is C19H12ClF3N2O2S2. The number of benzene rings is 2. The van der Waals surface area contributed by atoms with E-state index in [0.29, 0.717) is 14.8 Å². The Morgan fingerprint density at radius 1 is 1.21 bits per heavy atom. The van der Waals surface area contributed by atoms with Gasteiger partial charge in [-0.2, -0.15) is 13.2 Å². The molecular weight excluding hydrogens is 445 g/mol. The van der Waals surface area contributed by atoms with Gasteiger partial charge < -0.3 is 5.32 Å². The Labute approximate surface area is 178 Å². The zero-order valence-electron chi connectivity index (χ0n) is 14.7. The Morgan fingerprint density at radius 2 is 1.86 bits per heavy atom. The molecule has 29 heavy (non-hydrogen) atoms. The summed E-state index contributed by atoms with van der Waals surface area (Å²) in [5.74, 6) is -0.781. The van der Waals surface area contributed by atoms with Gasteiger partial charge in [0.2, 0.25) is 0 Å². The van der Waals surface area contributed by atoms with E-state index in [9.17, 15) is 22.8 Å². The maximum atomic E-state index is 12.9. The second-order valence-corrected chi connectivity index (χ2v) is 8.09. The Morgan fingerprint density at radius 3 is 2.41 bits per heavy atom. The molecule has 1 heterocycles. The minimum absolute atomic E-state index is 0.0255. The van der Waals surface area contributed by atoms with E-state index in [-0.39, 0.29) is 17.2 Å². The number of amides is 2. The molecule has 0 aliphatic carbocycles. The lowest BCUT2D eigenvalue weighted by Gasteiger charge is -2.12. The zero-order valence-corrected chi connectivity index (χ0v) is 17.1. The number of nitrogens with one attached hydrogen (secondary N) is 1. The van der Waals surface area contributed by atoms with Crippen molar-refractivity contribution in [3.63, 3.8) is 0 Å². The van der Waals surface area contributed by atoms with E-state index >= 15 is 0 Å². The Bertz CT molecular complexity index is 1040. The first-order valence-corrected chi connectivity index (χ1v) is 9.66. The molecule has 0 bridgehead atoms. The maximum absolute atomic E-state index is 12.9. The van der Waals surface area contributed by atoms with Gasteiger partial charge in [0.05, 0.1) is 15.5 Å². The van der Waals surface area contributed by atoms with Gasteiger partial charge in [-0.1, -0.05) is 47.7 Å². The molecule has 0 saturated carbocycles. The van der Waals surface area contributed by atoms with Gasteiger partial charge in [0, 0.05) is 18.3 Å². The summed E-state index contributed by atoms with van der Waals surface area (Å²) in [6.07, 6.45) is -2.97. The van der Waals surface area contributed by atoms with Crippen molar-refractivity contribution in [1.29, 1.82) is 0 Å². The number of likely N-dealkylation sites (N-methyl/N-ethyl adjacent to an activating group) is 1. The standard InChI is InChI=1S/C19H12ClF3N2O2S2/c1-25-17(27)15(29-18(25)28)8-10-2-4-11(5-3-10)16(26)24-12-6-7-14(20)13(9-12)19(21,22)23/h2-9H,1H3,(H,24,26)/b15-8+. The van der Waals surface area contributed by atoms with Gasteiger partial charge in [0.25, 0.3) is 11.8 Å². The summed E-state index contributed by atoms with van der Waals surface area (Å²) in [5, 5.41) is 1.97. The van der Waals surface area contributed by atoms with Crippen LogP contribution in [0.25, 0.3) is 6.08 Å². The van der Waals surface area contributed by atoms with Crippen molar-refractivity contribution >= 4 is 63.5 Å². The molecule has 3 rings (SSSR count). The maximum Gasteiger partial charge on any atom is 0.417 e. The molecule has 0 unspecified atom stereocenters. The van der Waals surface area contributed by atoms with E-state index in [2.05, 4.69) is 5.32 Å². The van der Waals surface area contributed by atoms with Crippen LogP contribution in [0.3, 0.4) is 0 Å². The third-order valence-corrected chi connectivity index (χ3v) is 5.80. The van der Waals surface area contributed by atoms with Crippen LogP contribution in [-0.4, -0.2) is 28.1 Å². The van der Waals surface area contributed by atoms with E-state index in [1.807, 2.05) is 0 Å². The fourth-order valence-corrected chi connectivity index (χ4v) is 3.86. The summed E-state index contributed by atoms with van der Waals surface area (Å²) in [4.78, 5) is 26.2. The molecule has 1 fully saturated rings. The number of thiocarbonyl (C=S) groups is 1. The summed E-state index contributed by atoms with van der Waals surface area (Å²) in [6.45, 7) is 0. The molecule has 1 aliphatic heterocycles. The third-order valence-electron chi connectivity index (χ3n) is 3.99. The highest BCUT2D eigenvalue weighted by molar-refractivity contribution is 8.26. The molecule has 2 aromatic carbocycles. The number of carbonyl (C=O) groups is 2. The van der Waals surface area contributed by atoms with Crippen molar-refractivity contribution in [3.8, 4) is 0 Å². The monoisotopic (exact) mass is 456 g/mol. The third kappa shape index (κ3) is 4.80. The summed E-state index contributed by atoms with van der Waals surface area (Å²) >= 11 is 11.8. The number of hydrogen-bond acceptors (Lipinski definition) is 4. The van der Waals surface area contributed by atoms with Crippen LogP contribution in [0.5, 0.6) is 0 Å². The number of hydrogen-bond donors (Lipinski definition) is 1. The van der Waals surface area contributed by atoms with E-state index < -0.39 is 22.7 Å². The number of carbonyl (C=O) groups excluding carboxylic acids is 2. The minimum atomic E-state index is -4.63. The van der Waals surface area contributed by atoms with Crippen molar-refractivity contribution in [1.82, 2.24) is 4.90 Å². The first-order valence-electron chi connectivity index (χ1n) is 8.06. The predicted molar refractivity (Wildman–Crippen MR) is 112 cm³/mol. The zero-order chi connectivity index (χ0) is 21.3. The molecule has 1 saturated heterocycles. The quantitative estimate of drug-likeness (QED) is 0.493. The SMILES string of the molecule is CN1C(=O)/C(=C\c2ccc(C(=O)Nc3ccc(Cl)c(C(F)(F)F)c3)cc2)SC1=S. The largest absolute Gasteiger partial charge is 0.417 e. The highest BCUT2D eigenvalue weighted by atomic mass is 35.5. The second kappa shape index (κ2) is 8.17. The van der Waals surface area contributed by atoms with Gasteiger partial charge in [0.15, 0.2) is 0 Å². The lowest BCUT2D eigenvalue weighted by Crippen LogP contribution is -2.22. The molecule has 150 valence electrons. The predicted octanol–water partition coefficient (Wildman–Crippen LogP) is 5.44. The topological polar surface area (TPSA) is 49.4 Å². The highest BCUT2D eigenvalue weighted by Gasteiger charge is 2.33. The van der Waals surface area contributed by atoms with E-state index in [0.717, 1.165) is 12.1 Å². The van der Waals surface area contributed by atoms with Crippen LogP contribution in [0.1, 0.15) is 21.5 Å². The van der Waals surface area contributed by atoms with Gasteiger partial charge in [-0.25, -0.2) is 0 Å². The molecule has 1 N–H and O–H groups in total. The summed E-state index contributed by atoms with van der Waals surface area (Å²) in [6, 6.07) is 9.41. The molecule has 0 aromatic heterocycles. The van der Waals surface area contributed by atoms with Crippen LogP contribution in [0.4, 0.5) is 18.9 Å². The summed E-state index contributed by atoms with van der Waals surface area (Å²) in [7, 11) is 1.59. The van der Waals surface area contributed by atoms with Gasteiger partial charge >= 0.3 is 6.18 Å². The molecule has 4 nitrogen and oxygen atoms in total. The summed E-state index contributed by atoms with van der Waals surface area (Å²) in [5.41, 5.74) is -0.127. The van der Waals surface area contributed by atoms with Crippen LogP contribution in [0.2, 0.25) is 5.02 Å². The van der Waals surface area contributed by atoms with Crippen LogP contribution in [0, 0.1) is 0 Å². The first-order chi connectivity index (χ1) is 13.6. The molecule has 2 amide bonds. The normalized spacial score (nSPS) is 15.9. The molecule has 10 heteroatoms. The number of anilines is 1. The number of thioether (sulfide) groups is 1. The van der Waals surface area contributed by atoms with E-state index in [1.54, 1.807) is 25.3 Å². The Balaban J connectivity index is 1.75. The molecule has 0 atom stereocenters. The molecule has 0 spiro atoms. The molecule has 1 aliphatic rings. The average Bonchev–Trinajstić information content (AvgIpc) is 2.89. The van der Waals surface area contributed by atoms with Crippen LogP contribution in [-0.2, 0) is 11.0 Å². The fourth-order valence-electron chi connectivity index (χ4n) is 2.45. The lowest BCUT2D eigenvalue weighted by atomic mass is 10.1. The molecule has 0 radical (unpaired) electrons. The average molecular weight is 457 g/mol. The number of halogens is 4. The molecule has 2 aromatic rings. The Kier molecular flexibility index (Phi) is 6.02. The van der Waals surface area contributed by atoms with Crippen molar-refractivity contribution in [3.05, 3.63) is 69.1 Å². The number of nitrogens with zero attached hydrogens (tertiary/aromatic N) is 1. The fraction of sp³-hybridized carbons (Fsp3) is 0.105. The van der Waals surface area contributed by atoms with Crippen molar-refractivity contribution in [2.24, 2.45) is 0 Å². The smallest absolute Gasteiger partial charge is 0.322 e. The summed E-state index contributed by atoms with van der Waals surface area (Å²) < 4.78 is 39.3. The van der Waals surface area contributed by atoms with E-state index in [4.69, 9.17) is 23.8 Å². The highest BCUT2D eigenvalue weighted by Crippen LogP contribution is 2.36. The van der Waals surface area contributed by atoms with Crippen LogP contribution in [0.15, 0.2) is 47.4 Å². The van der Waals surface area contributed by atoms with Crippen molar-refractivity contribution < 1.29 is 22.8 Å². The Hall–Kier alpha value is -2.36. The second-order valence-electron chi connectivity index (χ2n) is 6.01. The van der Waals surface area contributed by atoms with E-state index in [1.165, 1.54) is 34.9 Å². The number of rotatable bonds is 3. The number of alkyl halides is 3. The van der Waals surface area contributed by atoms with Gasteiger partial charge in [-0.3, -0.25) is 14.5 Å². The van der Waals surface area contributed by atoms with Gasteiger partial charge in [-0.15, -0.1) is 0 Å². The van der Waals surface area contributed by atoms with Gasteiger partial charge in [0.1, 0.15) is 4.32 Å². The first kappa shape index (κ1) is 21.4. The van der Waals surface area contributed by atoms with Crippen molar-refractivity contribution in [2.45, 2.75) is 6.18 Å². The van der Waals surface area contributed by atoms with Crippen molar-refractivity contribution in [2.75, 3.05) is 12.4 Å². The minimum Gasteiger partial charge on any atom is -0.322 e. The lowest BCUT2D eigenvalue weighted by molar-refractivity contribution is -0.137. The van der Waals surface area contributed by atoms with Gasteiger partial charge in [-0.05, 0) is 42.0 Å². The van der Waals surface area contributed by atoms with Crippen LogP contribution < -0.4 is 5.32 Å². The van der Waals surface area contributed by atoms with Crippen LogP contribution >= 0.6 is 35.6 Å².